The molecular weight excluding hydrogens is 651 g/mol. The lowest BCUT2D eigenvalue weighted by Gasteiger charge is -2.34. The Labute approximate surface area is 277 Å². The third-order valence-corrected chi connectivity index (χ3v) is 9.39. The quantitative estimate of drug-likeness (QED) is 0.131. The Morgan fingerprint density at radius 2 is 1.50 bits per heavy atom. The van der Waals surface area contributed by atoms with Crippen molar-refractivity contribution >= 4 is 56.4 Å². The van der Waals surface area contributed by atoms with E-state index in [0.29, 0.717) is 10.6 Å². The second-order valence-electron chi connectivity index (χ2n) is 10.7. The predicted molar refractivity (Wildman–Crippen MR) is 178 cm³/mol. The highest BCUT2D eigenvalue weighted by molar-refractivity contribution is 7.92. The predicted octanol–water partition coefficient (Wildman–Crippen LogP) is 6.26. The average Bonchev–Trinajstić information content (AvgIpc) is 3.03. The Hall–Kier alpha value is -4.45. The van der Waals surface area contributed by atoms with Crippen LogP contribution >= 0.6 is 23.2 Å². The van der Waals surface area contributed by atoms with Gasteiger partial charge in [0.2, 0.25) is 11.8 Å². The summed E-state index contributed by atoms with van der Waals surface area (Å²) in [6, 6.07) is 24.9. The first-order chi connectivity index (χ1) is 21.9. The number of carbonyl (C=O) groups excluding carboxylic acids is 2. The highest BCUT2D eigenvalue weighted by Gasteiger charge is 2.35. The highest BCUT2D eigenvalue weighted by Crippen LogP contribution is 2.28. The highest BCUT2D eigenvalue weighted by atomic mass is 35.5. The summed E-state index contributed by atoms with van der Waals surface area (Å²) in [5.41, 5.74) is 1.04. The number of nitro benzene ring substituents is 1. The first-order valence-corrected chi connectivity index (χ1v) is 16.5. The Bertz CT molecular complexity index is 1790. The minimum absolute atomic E-state index is 0.0264. The van der Waals surface area contributed by atoms with Gasteiger partial charge >= 0.3 is 0 Å². The molecule has 0 aliphatic carbocycles. The SMILES string of the molecule is CC(C)NC(=O)[C@H](Cc1ccccc1)N(Cc1ccc(Cl)cc1Cl)C(=O)CN(c1ccc([N+](=O)[O-])cc1)S(=O)(=O)c1ccccc1. The summed E-state index contributed by atoms with van der Waals surface area (Å²) in [7, 11) is -4.35. The second-order valence-corrected chi connectivity index (χ2v) is 13.4. The summed E-state index contributed by atoms with van der Waals surface area (Å²) in [6.45, 7) is 2.72. The van der Waals surface area contributed by atoms with Gasteiger partial charge in [0.15, 0.2) is 0 Å². The number of nitrogens with one attached hydrogen (secondary N) is 1. The number of hydrogen-bond acceptors (Lipinski definition) is 6. The van der Waals surface area contributed by atoms with Crippen LogP contribution < -0.4 is 9.62 Å². The summed E-state index contributed by atoms with van der Waals surface area (Å²) in [5, 5.41) is 14.8. The maximum atomic E-state index is 14.4. The number of carbonyl (C=O) groups is 2. The van der Waals surface area contributed by atoms with Crippen LogP contribution in [-0.2, 0) is 32.6 Å². The first kappa shape index (κ1) is 34.4. The van der Waals surface area contributed by atoms with Gasteiger partial charge in [0.1, 0.15) is 12.6 Å². The Kier molecular flexibility index (Phi) is 11.4. The standard InChI is InChI=1S/C33H32Cl2N4O6S/c1-23(2)36-33(41)31(19-24-9-5-3-6-10-24)37(21-25-13-14-26(34)20-30(25)35)32(40)22-38(27-15-17-28(18-16-27)39(42)43)46(44,45)29-11-7-4-8-12-29/h3-18,20,23,31H,19,21-22H2,1-2H3,(H,36,41)/t31-/m0/s1. The molecule has 0 unspecified atom stereocenters. The van der Waals surface area contributed by atoms with E-state index < -0.39 is 39.3 Å². The lowest BCUT2D eigenvalue weighted by molar-refractivity contribution is -0.384. The van der Waals surface area contributed by atoms with Gasteiger partial charge in [0, 0.05) is 41.2 Å². The minimum atomic E-state index is -4.35. The molecule has 10 nitrogen and oxygen atoms in total. The number of anilines is 1. The summed E-state index contributed by atoms with van der Waals surface area (Å²) in [4.78, 5) is 40.1. The lowest BCUT2D eigenvalue weighted by atomic mass is 10.0. The molecule has 4 aromatic rings. The number of hydrogen-bond donors (Lipinski definition) is 1. The maximum absolute atomic E-state index is 14.4. The Morgan fingerprint density at radius 1 is 0.891 bits per heavy atom. The number of nitro groups is 1. The summed E-state index contributed by atoms with van der Waals surface area (Å²) in [6.07, 6.45) is 0.124. The number of nitrogens with zero attached hydrogens (tertiary/aromatic N) is 3. The summed E-state index contributed by atoms with van der Waals surface area (Å²) < 4.78 is 28.9. The van der Waals surface area contributed by atoms with Crippen molar-refractivity contribution in [2.45, 2.75) is 43.8 Å². The molecule has 46 heavy (non-hydrogen) atoms. The van der Waals surface area contributed by atoms with Crippen LogP contribution in [0.2, 0.25) is 10.0 Å². The van der Waals surface area contributed by atoms with Gasteiger partial charge in [0.25, 0.3) is 15.7 Å². The van der Waals surface area contributed by atoms with Gasteiger partial charge in [-0.1, -0.05) is 77.8 Å². The number of amides is 2. The molecule has 4 aromatic carbocycles. The molecule has 0 aliphatic heterocycles. The molecule has 2 amide bonds. The van der Waals surface area contributed by atoms with E-state index in [-0.39, 0.29) is 40.3 Å². The van der Waals surface area contributed by atoms with Gasteiger partial charge < -0.3 is 10.2 Å². The Morgan fingerprint density at radius 3 is 2.07 bits per heavy atom. The molecule has 0 saturated carbocycles. The molecule has 1 atom stereocenters. The van der Waals surface area contributed by atoms with Gasteiger partial charge in [-0.3, -0.25) is 24.0 Å². The number of non-ortho nitro benzene ring substituents is 1. The topological polar surface area (TPSA) is 130 Å². The zero-order chi connectivity index (χ0) is 33.4. The monoisotopic (exact) mass is 682 g/mol. The molecule has 0 saturated heterocycles. The zero-order valence-corrected chi connectivity index (χ0v) is 27.4. The van der Waals surface area contributed by atoms with Gasteiger partial charge in [-0.25, -0.2) is 8.42 Å². The van der Waals surface area contributed by atoms with E-state index in [9.17, 15) is 28.1 Å². The van der Waals surface area contributed by atoms with Crippen LogP contribution in [0.4, 0.5) is 11.4 Å². The van der Waals surface area contributed by atoms with Gasteiger partial charge in [0.05, 0.1) is 15.5 Å². The summed E-state index contributed by atoms with van der Waals surface area (Å²) >= 11 is 12.6. The van der Waals surface area contributed by atoms with Crippen LogP contribution in [0.5, 0.6) is 0 Å². The largest absolute Gasteiger partial charge is 0.352 e. The van der Waals surface area contributed by atoms with Crippen molar-refractivity contribution in [2.24, 2.45) is 0 Å². The molecule has 4 rings (SSSR count). The molecule has 0 heterocycles. The van der Waals surface area contributed by atoms with Crippen molar-refractivity contribution in [1.82, 2.24) is 10.2 Å². The average molecular weight is 684 g/mol. The van der Waals surface area contributed by atoms with Crippen LogP contribution in [0.3, 0.4) is 0 Å². The van der Waals surface area contributed by atoms with E-state index >= 15 is 0 Å². The number of rotatable bonds is 13. The van der Waals surface area contributed by atoms with Gasteiger partial charge in [-0.2, -0.15) is 0 Å². The third kappa shape index (κ3) is 8.63. The molecule has 0 spiro atoms. The van der Waals surface area contributed by atoms with Crippen molar-refractivity contribution in [3.8, 4) is 0 Å². The normalized spacial score (nSPS) is 11.9. The van der Waals surface area contributed by atoms with Crippen molar-refractivity contribution in [2.75, 3.05) is 10.8 Å². The fraction of sp³-hybridized carbons (Fsp3) is 0.212. The number of halogens is 2. The molecule has 240 valence electrons. The van der Waals surface area contributed by atoms with Crippen LogP contribution in [0, 0.1) is 10.1 Å². The van der Waals surface area contributed by atoms with Gasteiger partial charge in [-0.05, 0) is 61.4 Å². The third-order valence-electron chi connectivity index (χ3n) is 7.02. The molecule has 0 aliphatic rings. The van der Waals surface area contributed by atoms with Gasteiger partial charge in [-0.15, -0.1) is 0 Å². The van der Waals surface area contributed by atoms with Crippen molar-refractivity contribution in [3.63, 3.8) is 0 Å². The maximum Gasteiger partial charge on any atom is 0.269 e. The van der Waals surface area contributed by atoms with E-state index in [2.05, 4.69) is 5.32 Å². The zero-order valence-electron chi connectivity index (χ0n) is 25.0. The number of sulfonamides is 1. The van der Waals surface area contributed by atoms with E-state index in [1.807, 2.05) is 30.3 Å². The second kappa shape index (κ2) is 15.2. The summed E-state index contributed by atoms with van der Waals surface area (Å²) in [5.74, 6) is -1.14. The molecule has 13 heteroatoms. The smallest absolute Gasteiger partial charge is 0.269 e. The Balaban J connectivity index is 1.83. The van der Waals surface area contributed by atoms with Crippen molar-refractivity contribution in [3.05, 3.63) is 134 Å². The van der Waals surface area contributed by atoms with E-state index in [1.165, 1.54) is 35.2 Å². The van der Waals surface area contributed by atoms with Crippen LogP contribution in [0.15, 0.2) is 108 Å². The van der Waals surface area contributed by atoms with E-state index in [4.69, 9.17) is 23.2 Å². The molecule has 0 bridgehead atoms. The molecule has 0 radical (unpaired) electrons. The fourth-order valence-electron chi connectivity index (χ4n) is 4.76. The van der Waals surface area contributed by atoms with Crippen LogP contribution in [0.1, 0.15) is 25.0 Å². The van der Waals surface area contributed by atoms with Crippen LogP contribution in [0.25, 0.3) is 0 Å². The van der Waals surface area contributed by atoms with Crippen molar-refractivity contribution < 1.29 is 22.9 Å². The fourth-order valence-corrected chi connectivity index (χ4v) is 6.66. The van der Waals surface area contributed by atoms with E-state index in [0.717, 1.165) is 22.0 Å². The molecule has 0 fully saturated rings. The minimum Gasteiger partial charge on any atom is -0.352 e. The van der Waals surface area contributed by atoms with Crippen LogP contribution in [-0.4, -0.2) is 48.7 Å². The number of benzene rings is 4. The van der Waals surface area contributed by atoms with E-state index in [1.54, 1.807) is 44.2 Å². The van der Waals surface area contributed by atoms with Crippen molar-refractivity contribution in [1.29, 1.82) is 0 Å². The molecule has 1 N–H and O–H groups in total. The lowest BCUT2D eigenvalue weighted by Crippen LogP contribution is -2.54. The molecular formula is C33H32Cl2N4O6S. The molecule has 0 aromatic heterocycles. The first-order valence-electron chi connectivity index (χ1n) is 14.3.